The molecule has 0 aliphatic carbocycles. The van der Waals surface area contributed by atoms with Gasteiger partial charge in [-0.1, -0.05) is 42.8 Å². The van der Waals surface area contributed by atoms with E-state index in [1.807, 2.05) is 48.2 Å². The third-order valence-corrected chi connectivity index (χ3v) is 5.00. The van der Waals surface area contributed by atoms with Gasteiger partial charge in [-0.3, -0.25) is 0 Å². The molecule has 0 saturated heterocycles. The van der Waals surface area contributed by atoms with Gasteiger partial charge < -0.3 is 10.5 Å². The summed E-state index contributed by atoms with van der Waals surface area (Å²) in [6.45, 7) is 2.16. The minimum atomic E-state index is 0.00760. The van der Waals surface area contributed by atoms with Gasteiger partial charge in [-0.2, -0.15) is 11.8 Å². The average Bonchev–Trinajstić information content (AvgIpc) is 2.53. The number of halogens is 1. The summed E-state index contributed by atoms with van der Waals surface area (Å²) in [5, 5.41) is 1.10. The minimum absolute atomic E-state index is 0.00760. The van der Waals surface area contributed by atoms with Crippen molar-refractivity contribution in [1.82, 2.24) is 0 Å². The first kappa shape index (κ1) is 16.2. The van der Waals surface area contributed by atoms with Crippen molar-refractivity contribution in [2.45, 2.75) is 24.0 Å². The average molecular weight is 322 g/mol. The minimum Gasteiger partial charge on any atom is -0.497 e. The van der Waals surface area contributed by atoms with Crippen LogP contribution < -0.4 is 10.5 Å². The Morgan fingerprint density at radius 3 is 2.29 bits per heavy atom. The molecule has 2 aromatic carbocycles. The Balaban J connectivity index is 1.92. The summed E-state index contributed by atoms with van der Waals surface area (Å²) < 4.78 is 5.17. The highest BCUT2D eigenvalue weighted by atomic mass is 35.5. The van der Waals surface area contributed by atoms with Crippen LogP contribution in [0.4, 0.5) is 0 Å². The standard InChI is InChI=1S/C17H20ClNOS/c1-12(21-11-13-3-7-15(18)8-4-13)17(19)14-5-9-16(20-2)10-6-14/h3-10,12,17H,11,19H2,1-2H3. The first-order valence-electron chi connectivity index (χ1n) is 6.85. The molecular formula is C17H20ClNOS. The van der Waals surface area contributed by atoms with Crippen molar-refractivity contribution in [3.8, 4) is 5.75 Å². The molecule has 2 N–H and O–H groups in total. The van der Waals surface area contributed by atoms with Crippen LogP contribution in [-0.2, 0) is 5.75 Å². The zero-order chi connectivity index (χ0) is 15.2. The molecule has 0 saturated carbocycles. The Morgan fingerprint density at radius 2 is 1.71 bits per heavy atom. The molecule has 4 heteroatoms. The molecule has 0 radical (unpaired) electrons. The number of nitrogens with two attached hydrogens (primary N) is 1. The van der Waals surface area contributed by atoms with E-state index < -0.39 is 0 Å². The fraction of sp³-hybridized carbons (Fsp3) is 0.294. The van der Waals surface area contributed by atoms with Crippen LogP contribution in [0.25, 0.3) is 0 Å². The molecule has 21 heavy (non-hydrogen) atoms. The van der Waals surface area contributed by atoms with Gasteiger partial charge in [-0.25, -0.2) is 0 Å². The van der Waals surface area contributed by atoms with E-state index in [1.54, 1.807) is 7.11 Å². The first-order valence-corrected chi connectivity index (χ1v) is 8.28. The van der Waals surface area contributed by atoms with Crippen LogP contribution in [0.3, 0.4) is 0 Å². The van der Waals surface area contributed by atoms with Crippen LogP contribution in [0.15, 0.2) is 48.5 Å². The molecule has 0 fully saturated rings. The zero-order valence-corrected chi connectivity index (χ0v) is 13.8. The molecule has 2 rings (SSSR count). The second-order valence-corrected chi connectivity index (χ2v) is 6.74. The smallest absolute Gasteiger partial charge is 0.118 e. The summed E-state index contributed by atoms with van der Waals surface area (Å²) in [6.07, 6.45) is 0. The molecule has 0 aliphatic heterocycles. The fourth-order valence-electron chi connectivity index (χ4n) is 2.01. The number of hydrogen-bond acceptors (Lipinski definition) is 3. The number of methoxy groups -OCH3 is 1. The monoisotopic (exact) mass is 321 g/mol. The highest BCUT2D eigenvalue weighted by Crippen LogP contribution is 2.28. The summed E-state index contributed by atoms with van der Waals surface area (Å²) >= 11 is 7.74. The highest BCUT2D eigenvalue weighted by molar-refractivity contribution is 7.99. The Morgan fingerprint density at radius 1 is 1.10 bits per heavy atom. The molecule has 0 spiro atoms. The molecule has 0 amide bonds. The second-order valence-electron chi connectivity index (χ2n) is 4.94. The van der Waals surface area contributed by atoms with E-state index >= 15 is 0 Å². The SMILES string of the molecule is COc1ccc(C(N)C(C)SCc2ccc(Cl)cc2)cc1. The van der Waals surface area contributed by atoms with Crippen LogP contribution in [-0.4, -0.2) is 12.4 Å². The normalized spacial score (nSPS) is 13.7. The van der Waals surface area contributed by atoms with E-state index in [0.717, 1.165) is 22.1 Å². The van der Waals surface area contributed by atoms with Gasteiger partial charge in [0, 0.05) is 22.1 Å². The van der Waals surface area contributed by atoms with Crippen molar-refractivity contribution >= 4 is 23.4 Å². The Labute approximate surface area is 135 Å². The number of rotatable bonds is 6. The van der Waals surface area contributed by atoms with Crippen LogP contribution in [0.5, 0.6) is 5.75 Å². The molecule has 2 aromatic rings. The molecule has 0 aliphatic rings. The van der Waals surface area contributed by atoms with Gasteiger partial charge in [0.1, 0.15) is 5.75 Å². The van der Waals surface area contributed by atoms with Gasteiger partial charge in [0.2, 0.25) is 0 Å². The van der Waals surface area contributed by atoms with E-state index in [4.69, 9.17) is 22.1 Å². The third kappa shape index (κ3) is 4.67. The van der Waals surface area contributed by atoms with Crippen molar-refractivity contribution in [3.63, 3.8) is 0 Å². The molecule has 2 atom stereocenters. The Bertz CT molecular complexity index is 556. The zero-order valence-electron chi connectivity index (χ0n) is 12.3. The molecule has 0 aromatic heterocycles. The Kier molecular flexibility index (Phi) is 5.97. The van der Waals surface area contributed by atoms with Crippen LogP contribution >= 0.6 is 23.4 Å². The van der Waals surface area contributed by atoms with Gasteiger partial charge in [0.25, 0.3) is 0 Å². The lowest BCUT2D eigenvalue weighted by atomic mass is 10.1. The second kappa shape index (κ2) is 7.74. The number of ether oxygens (including phenoxy) is 1. The lowest BCUT2D eigenvalue weighted by Gasteiger charge is -2.20. The summed E-state index contributed by atoms with van der Waals surface area (Å²) in [7, 11) is 1.67. The van der Waals surface area contributed by atoms with Crippen molar-refractivity contribution in [2.24, 2.45) is 5.73 Å². The number of hydrogen-bond donors (Lipinski definition) is 1. The van der Waals surface area contributed by atoms with Gasteiger partial charge in [0.05, 0.1) is 7.11 Å². The number of thioether (sulfide) groups is 1. The van der Waals surface area contributed by atoms with E-state index in [2.05, 4.69) is 19.1 Å². The Hall–Kier alpha value is -1.16. The van der Waals surface area contributed by atoms with Crippen molar-refractivity contribution in [1.29, 1.82) is 0 Å². The fourth-order valence-corrected chi connectivity index (χ4v) is 3.15. The van der Waals surface area contributed by atoms with Crippen LogP contribution in [0.1, 0.15) is 24.1 Å². The van der Waals surface area contributed by atoms with E-state index in [-0.39, 0.29) is 6.04 Å². The van der Waals surface area contributed by atoms with Crippen LogP contribution in [0.2, 0.25) is 5.02 Å². The van der Waals surface area contributed by atoms with Gasteiger partial charge in [0.15, 0.2) is 0 Å². The molecule has 2 nitrogen and oxygen atoms in total. The quantitative estimate of drug-likeness (QED) is 0.839. The summed E-state index contributed by atoms with van der Waals surface area (Å²) in [5.41, 5.74) is 8.73. The van der Waals surface area contributed by atoms with Gasteiger partial charge >= 0.3 is 0 Å². The lowest BCUT2D eigenvalue weighted by Crippen LogP contribution is -2.21. The maximum Gasteiger partial charge on any atom is 0.118 e. The summed E-state index contributed by atoms with van der Waals surface area (Å²) in [6, 6.07) is 15.9. The van der Waals surface area contributed by atoms with Gasteiger partial charge in [-0.05, 0) is 35.4 Å². The summed E-state index contributed by atoms with van der Waals surface area (Å²) in [4.78, 5) is 0. The van der Waals surface area contributed by atoms with Crippen molar-refractivity contribution in [2.75, 3.05) is 7.11 Å². The summed E-state index contributed by atoms with van der Waals surface area (Å²) in [5.74, 6) is 1.79. The third-order valence-electron chi connectivity index (χ3n) is 3.43. The molecule has 0 bridgehead atoms. The lowest BCUT2D eigenvalue weighted by molar-refractivity contribution is 0.414. The first-order chi connectivity index (χ1) is 10.1. The molecule has 0 heterocycles. The molecular weight excluding hydrogens is 302 g/mol. The maximum atomic E-state index is 6.34. The molecule has 2 unspecified atom stereocenters. The topological polar surface area (TPSA) is 35.2 Å². The predicted molar refractivity (Wildman–Crippen MR) is 92.1 cm³/mol. The maximum absolute atomic E-state index is 6.34. The molecule has 112 valence electrons. The van der Waals surface area contributed by atoms with E-state index in [1.165, 1.54) is 5.56 Å². The number of benzene rings is 2. The predicted octanol–water partition coefficient (Wildman–Crippen LogP) is 4.67. The largest absolute Gasteiger partial charge is 0.497 e. The van der Waals surface area contributed by atoms with E-state index in [0.29, 0.717) is 5.25 Å². The van der Waals surface area contributed by atoms with Crippen molar-refractivity contribution in [3.05, 3.63) is 64.7 Å². The highest BCUT2D eigenvalue weighted by Gasteiger charge is 2.15. The van der Waals surface area contributed by atoms with Gasteiger partial charge in [-0.15, -0.1) is 0 Å². The van der Waals surface area contributed by atoms with Crippen LogP contribution in [0, 0.1) is 0 Å². The van der Waals surface area contributed by atoms with Crippen molar-refractivity contribution < 1.29 is 4.74 Å². The van der Waals surface area contributed by atoms with E-state index in [9.17, 15) is 0 Å².